The summed E-state index contributed by atoms with van der Waals surface area (Å²) >= 11 is 0. The Morgan fingerprint density at radius 3 is 2.73 bits per heavy atom. The van der Waals surface area contributed by atoms with Crippen molar-refractivity contribution in [2.24, 2.45) is 0 Å². The molecule has 0 aliphatic heterocycles. The Morgan fingerprint density at radius 2 is 2.20 bits per heavy atom. The van der Waals surface area contributed by atoms with Gasteiger partial charge in [-0.2, -0.15) is 0 Å². The number of esters is 1. The third kappa shape index (κ3) is 6.20. The standard InChI is InChI=1S/C10H11O2S2.V/c1-8(11)12-7-9-3-5-10(6-4-9)14-13-2;/h3-6H,2,7H2,1H3;/q-1;/i1D;. The van der Waals surface area contributed by atoms with Crippen molar-refractivity contribution in [3.05, 3.63) is 36.1 Å². The van der Waals surface area contributed by atoms with Crippen LogP contribution in [-0.2, 0) is 34.7 Å². The predicted octanol–water partition coefficient (Wildman–Crippen LogP) is 3.28. The number of hydrogen-bond donors (Lipinski definition) is 0. The molecule has 0 N–H and O–H groups in total. The van der Waals surface area contributed by atoms with Crippen molar-refractivity contribution in [3.8, 4) is 0 Å². The Labute approximate surface area is 111 Å². The predicted molar refractivity (Wildman–Crippen MR) is 60.7 cm³/mol. The average Bonchev–Trinajstić information content (AvgIpc) is 2.28. The molecular weight excluding hydrogens is 267 g/mol. The second-order valence-corrected chi connectivity index (χ2v) is 4.59. The minimum atomic E-state index is -0.498. The van der Waals surface area contributed by atoms with Crippen molar-refractivity contribution in [2.45, 2.75) is 18.4 Å². The van der Waals surface area contributed by atoms with Crippen molar-refractivity contribution < 1.29 is 29.5 Å². The molecule has 1 rings (SSSR count). The van der Waals surface area contributed by atoms with Crippen LogP contribution in [0.1, 0.15) is 13.8 Å². The maximum Gasteiger partial charge on any atom is 0.302 e. The van der Waals surface area contributed by atoms with Gasteiger partial charge in [0.15, 0.2) is 0 Å². The first-order valence-electron chi connectivity index (χ1n) is 4.59. The summed E-state index contributed by atoms with van der Waals surface area (Å²) in [5, 5.41) is 0. The first kappa shape index (κ1) is 13.0. The zero-order valence-electron chi connectivity index (χ0n) is 9.01. The van der Waals surface area contributed by atoms with E-state index in [2.05, 4.69) is 6.26 Å². The summed E-state index contributed by atoms with van der Waals surface area (Å²) in [6, 6.07) is 7.70. The second-order valence-electron chi connectivity index (χ2n) is 2.51. The Morgan fingerprint density at radius 1 is 1.53 bits per heavy atom. The molecule has 0 atom stereocenters. The van der Waals surface area contributed by atoms with Crippen LogP contribution in [0.25, 0.3) is 0 Å². The SMILES string of the molecule is [2H]CC(=O)OCc1ccc(SS[CH2-])cc1.[V]. The van der Waals surface area contributed by atoms with Crippen LogP contribution in [0, 0.1) is 6.26 Å². The van der Waals surface area contributed by atoms with E-state index in [1.54, 1.807) is 10.8 Å². The largest absolute Gasteiger partial charge is 0.461 e. The monoisotopic (exact) mass is 279 g/mol. The third-order valence-corrected chi connectivity index (χ3v) is 2.99. The van der Waals surface area contributed by atoms with E-state index in [1.165, 1.54) is 10.8 Å². The van der Waals surface area contributed by atoms with E-state index in [4.69, 9.17) is 6.11 Å². The first-order chi connectivity index (χ1) is 7.26. The zero-order chi connectivity index (χ0) is 11.1. The molecule has 1 radical (unpaired) electrons. The van der Waals surface area contributed by atoms with Crippen LogP contribution in [-0.4, -0.2) is 5.97 Å². The molecule has 0 saturated heterocycles. The van der Waals surface area contributed by atoms with Gasteiger partial charge in [0, 0.05) is 31.7 Å². The van der Waals surface area contributed by atoms with Crippen molar-refractivity contribution in [1.82, 2.24) is 0 Å². The number of benzene rings is 1. The molecule has 5 heteroatoms. The molecule has 0 heterocycles. The molecule has 0 saturated carbocycles. The summed E-state index contributed by atoms with van der Waals surface area (Å²) < 4.78 is 11.6. The Kier molecular flexibility index (Phi) is 7.10. The van der Waals surface area contributed by atoms with Gasteiger partial charge in [-0.15, -0.1) is 0 Å². The summed E-state index contributed by atoms with van der Waals surface area (Å²) in [4.78, 5) is 11.8. The van der Waals surface area contributed by atoms with E-state index in [-0.39, 0.29) is 32.1 Å². The van der Waals surface area contributed by atoms with E-state index in [0.29, 0.717) is 0 Å². The minimum absolute atomic E-state index is 0. The fraction of sp³-hybridized carbons (Fsp3) is 0.200. The zero-order valence-corrected chi connectivity index (χ0v) is 11.0. The van der Waals surface area contributed by atoms with E-state index in [9.17, 15) is 4.79 Å². The molecule has 0 aliphatic carbocycles. The Balaban J connectivity index is 0.00000225. The van der Waals surface area contributed by atoms with Crippen LogP contribution in [0.2, 0.25) is 0 Å². The maximum absolute atomic E-state index is 10.7. The van der Waals surface area contributed by atoms with Gasteiger partial charge in [-0.05, 0) is 17.7 Å². The number of carbonyl (C=O) groups is 1. The number of carbonyl (C=O) groups excluding carboxylic acids is 1. The van der Waals surface area contributed by atoms with Crippen molar-refractivity contribution in [3.63, 3.8) is 0 Å². The Hall–Kier alpha value is -0.0256. The van der Waals surface area contributed by atoms with Crippen molar-refractivity contribution >= 4 is 27.6 Å². The second kappa shape index (κ2) is 8.16. The maximum atomic E-state index is 10.7. The molecule has 0 fully saturated rings. The van der Waals surface area contributed by atoms with Crippen LogP contribution in [0.3, 0.4) is 0 Å². The molecule has 0 amide bonds. The Bertz CT molecular complexity index is 319. The smallest absolute Gasteiger partial charge is 0.302 e. The van der Waals surface area contributed by atoms with E-state index >= 15 is 0 Å². The number of hydrogen-bond acceptors (Lipinski definition) is 4. The fourth-order valence-electron chi connectivity index (χ4n) is 0.873. The summed E-state index contributed by atoms with van der Waals surface area (Å²) in [5.41, 5.74) is 0.926. The van der Waals surface area contributed by atoms with Gasteiger partial charge in [0.05, 0.1) is 0 Å². The summed E-state index contributed by atoms with van der Waals surface area (Å²) in [6.07, 6.45) is 3.66. The normalized spacial score (nSPS) is 10.1. The van der Waals surface area contributed by atoms with Gasteiger partial charge in [-0.1, -0.05) is 22.9 Å². The van der Waals surface area contributed by atoms with Gasteiger partial charge in [-0.25, -0.2) is 0 Å². The van der Waals surface area contributed by atoms with E-state index in [1.807, 2.05) is 24.3 Å². The van der Waals surface area contributed by atoms with Gasteiger partial charge < -0.3 is 4.74 Å². The molecule has 0 spiro atoms. The molecule has 15 heavy (non-hydrogen) atoms. The van der Waals surface area contributed by atoms with Crippen LogP contribution < -0.4 is 0 Å². The van der Waals surface area contributed by atoms with Crippen LogP contribution >= 0.6 is 21.6 Å². The molecule has 2 nitrogen and oxygen atoms in total. The van der Waals surface area contributed by atoms with Gasteiger partial charge in [0.1, 0.15) is 6.61 Å². The van der Waals surface area contributed by atoms with Crippen LogP contribution in [0.4, 0.5) is 0 Å². The summed E-state index contributed by atoms with van der Waals surface area (Å²) in [7, 11) is 3.02. The van der Waals surface area contributed by atoms with E-state index in [0.717, 1.165) is 10.5 Å². The molecular formula is C10H11O2S2V-. The minimum Gasteiger partial charge on any atom is -0.461 e. The molecule has 0 bridgehead atoms. The fourth-order valence-corrected chi connectivity index (χ4v) is 2.00. The first-order valence-corrected chi connectivity index (χ1v) is 6.20. The molecule has 0 aromatic heterocycles. The molecule has 1 aromatic carbocycles. The van der Waals surface area contributed by atoms with Crippen molar-refractivity contribution in [1.29, 1.82) is 0 Å². The van der Waals surface area contributed by atoms with Crippen LogP contribution in [0.5, 0.6) is 0 Å². The quantitative estimate of drug-likeness (QED) is 0.480. The third-order valence-electron chi connectivity index (χ3n) is 1.48. The number of ether oxygens (including phenoxy) is 1. The van der Waals surface area contributed by atoms with Crippen LogP contribution in [0.15, 0.2) is 29.2 Å². The van der Waals surface area contributed by atoms with Gasteiger partial charge >= 0.3 is 5.97 Å². The van der Waals surface area contributed by atoms with E-state index < -0.39 is 5.97 Å². The average molecular weight is 279 g/mol. The topological polar surface area (TPSA) is 26.3 Å². The van der Waals surface area contributed by atoms with Gasteiger partial charge in [-0.3, -0.25) is 21.8 Å². The van der Waals surface area contributed by atoms with Gasteiger partial charge in [0.25, 0.3) is 0 Å². The van der Waals surface area contributed by atoms with Gasteiger partial charge in [0.2, 0.25) is 0 Å². The number of rotatable bonds is 4. The molecule has 0 unspecified atom stereocenters. The summed E-state index contributed by atoms with van der Waals surface area (Å²) in [5.74, 6) is -0.498. The molecule has 0 aliphatic rings. The van der Waals surface area contributed by atoms with Crippen molar-refractivity contribution in [2.75, 3.05) is 0 Å². The summed E-state index contributed by atoms with van der Waals surface area (Å²) in [6.45, 7) is -0.0910. The molecule has 81 valence electrons. The molecule has 1 aromatic rings.